The van der Waals surface area contributed by atoms with E-state index in [9.17, 15) is 4.79 Å². The standard InChI is InChI=1S/C22H18BrNO2/c23-18-11-12-20-17(15-18)13-14-24(20)22(25)21(16-7-3-1-4-8-16)26-19-9-5-2-6-10-19/h1-12,15,21H,13-14H2. The van der Waals surface area contributed by atoms with Crippen molar-refractivity contribution in [2.75, 3.05) is 11.4 Å². The number of hydrogen-bond donors (Lipinski definition) is 0. The average molecular weight is 408 g/mol. The van der Waals surface area contributed by atoms with E-state index in [2.05, 4.69) is 22.0 Å². The van der Waals surface area contributed by atoms with E-state index in [1.54, 1.807) is 0 Å². The molecule has 4 heteroatoms. The number of amides is 1. The van der Waals surface area contributed by atoms with Gasteiger partial charge in [0.1, 0.15) is 5.75 Å². The maximum absolute atomic E-state index is 13.4. The lowest BCUT2D eigenvalue weighted by molar-refractivity contribution is -0.125. The lowest BCUT2D eigenvalue weighted by atomic mass is 10.1. The summed E-state index contributed by atoms with van der Waals surface area (Å²) in [6.07, 6.45) is 0.182. The van der Waals surface area contributed by atoms with Crippen LogP contribution >= 0.6 is 15.9 Å². The molecule has 3 nitrogen and oxygen atoms in total. The molecular formula is C22H18BrNO2. The van der Waals surface area contributed by atoms with Gasteiger partial charge in [-0.3, -0.25) is 4.79 Å². The van der Waals surface area contributed by atoms with Crippen LogP contribution in [-0.2, 0) is 11.2 Å². The van der Waals surface area contributed by atoms with E-state index in [0.29, 0.717) is 12.3 Å². The van der Waals surface area contributed by atoms with Crippen molar-refractivity contribution in [1.29, 1.82) is 0 Å². The number of carbonyl (C=O) groups is 1. The van der Waals surface area contributed by atoms with Gasteiger partial charge in [-0.2, -0.15) is 0 Å². The summed E-state index contributed by atoms with van der Waals surface area (Å²) in [7, 11) is 0. The summed E-state index contributed by atoms with van der Waals surface area (Å²) in [5.41, 5.74) is 3.00. The molecule has 1 amide bonds. The zero-order valence-corrected chi connectivity index (χ0v) is 15.7. The number of halogens is 1. The van der Waals surface area contributed by atoms with E-state index >= 15 is 0 Å². The third-order valence-electron chi connectivity index (χ3n) is 4.53. The van der Waals surface area contributed by atoms with Gasteiger partial charge in [0.25, 0.3) is 5.91 Å². The predicted molar refractivity (Wildman–Crippen MR) is 106 cm³/mol. The van der Waals surface area contributed by atoms with Crippen LogP contribution in [0.25, 0.3) is 0 Å². The van der Waals surface area contributed by atoms with E-state index in [4.69, 9.17) is 4.74 Å². The minimum absolute atomic E-state index is 0.0406. The Morgan fingerprint density at radius 2 is 1.65 bits per heavy atom. The predicted octanol–water partition coefficient (Wildman–Crippen LogP) is 5.16. The summed E-state index contributed by atoms with van der Waals surface area (Å²) in [6, 6.07) is 25.2. The van der Waals surface area contributed by atoms with Crippen LogP contribution in [0.2, 0.25) is 0 Å². The first-order valence-corrected chi connectivity index (χ1v) is 9.38. The Bertz CT molecular complexity index is 912. The molecule has 26 heavy (non-hydrogen) atoms. The molecular weight excluding hydrogens is 390 g/mol. The summed E-state index contributed by atoms with van der Waals surface area (Å²) in [5.74, 6) is 0.644. The first kappa shape index (κ1) is 16.9. The Morgan fingerprint density at radius 1 is 0.962 bits per heavy atom. The largest absolute Gasteiger partial charge is 0.476 e. The van der Waals surface area contributed by atoms with Gasteiger partial charge in [0, 0.05) is 22.3 Å². The summed E-state index contributed by atoms with van der Waals surface area (Å²) >= 11 is 3.50. The Balaban J connectivity index is 1.67. The number of ether oxygens (including phenoxy) is 1. The van der Waals surface area contributed by atoms with Gasteiger partial charge in [-0.05, 0) is 42.3 Å². The molecule has 4 rings (SSSR count). The van der Waals surface area contributed by atoms with Gasteiger partial charge in [0.15, 0.2) is 0 Å². The van der Waals surface area contributed by atoms with Crippen molar-refractivity contribution in [3.05, 3.63) is 94.5 Å². The zero-order chi connectivity index (χ0) is 17.9. The Kier molecular flexibility index (Phi) is 4.76. The molecule has 0 spiro atoms. The highest BCUT2D eigenvalue weighted by molar-refractivity contribution is 9.10. The molecule has 0 bridgehead atoms. The zero-order valence-electron chi connectivity index (χ0n) is 14.1. The lowest BCUT2D eigenvalue weighted by Gasteiger charge is -2.25. The molecule has 0 fully saturated rings. The van der Waals surface area contributed by atoms with Crippen LogP contribution in [0.1, 0.15) is 17.2 Å². The molecule has 0 aliphatic carbocycles. The SMILES string of the molecule is O=C(C(Oc1ccccc1)c1ccccc1)N1CCc2cc(Br)ccc21. The Hall–Kier alpha value is -2.59. The number of anilines is 1. The summed E-state index contributed by atoms with van der Waals surface area (Å²) < 4.78 is 7.15. The van der Waals surface area contributed by atoms with E-state index in [-0.39, 0.29) is 5.91 Å². The second kappa shape index (κ2) is 7.34. The number of benzene rings is 3. The molecule has 3 aromatic carbocycles. The number of fused-ring (bicyclic) bond motifs is 1. The number of carbonyl (C=O) groups excluding carboxylic acids is 1. The van der Waals surface area contributed by atoms with Gasteiger partial charge in [-0.15, -0.1) is 0 Å². The molecule has 0 aromatic heterocycles. The molecule has 0 saturated carbocycles. The molecule has 3 aromatic rings. The molecule has 1 aliphatic heterocycles. The summed E-state index contributed by atoms with van der Waals surface area (Å²) in [4.78, 5) is 15.2. The summed E-state index contributed by atoms with van der Waals surface area (Å²) in [6.45, 7) is 0.673. The molecule has 1 unspecified atom stereocenters. The van der Waals surface area contributed by atoms with Crippen LogP contribution in [0.5, 0.6) is 5.75 Å². The molecule has 0 saturated heterocycles. The van der Waals surface area contributed by atoms with Crippen molar-refractivity contribution in [1.82, 2.24) is 0 Å². The first-order valence-electron chi connectivity index (χ1n) is 8.59. The lowest BCUT2D eigenvalue weighted by Crippen LogP contribution is -2.36. The van der Waals surface area contributed by atoms with Crippen molar-refractivity contribution >= 4 is 27.5 Å². The van der Waals surface area contributed by atoms with E-state index in [1.165, 1.54) is 5.56 Å². The van der Waals surface area contributed by atoms with Crippen molar-refractivity contribution in [2.45, 2.75) is 12.5 Å². The second-order valence-corrected chi connectivity index (χ2v) is 7.15. The molecule has 0 radical (unpaired) electrons. The highest BCUT2D eigenvalue weighted by Crippen LogP contribution is 2.34. The third-order valence-corrected chi connectivity index (χ3v) is 5.02. The minimum Gasteiger partial charge on any atom is -0.476 e. The number of hydrogen-bond acceptors (Lipinski definition) is 2. The van der Waals surface area contributed by atoms with Gasteiger partial charge < -0.3 is 9.64 Å². The maximum atomic E-state index is 13.4. The normalized spacial score (nSPS) is 14.0. The van der Waals surface area contributed by atoms with Crippen molar-refractivity contribution < 1.29 is 9.53 Å². The fourth-order valence-electron chi connectivity index (χ4n) is 3.26. The Morgan fingerprint density at radius 3 is 2.38 bits per heavy atom. The average Bonchev–Trinajstić information content (AvgIpc) is 3.10. The number of nitrogens with zero attached hydrogens (tertiary/aromatic N) is 1. The van der Waals surface area contributed by atoms with Gasteiger partial charge >= 0.3 is 0 Å². The molecule has 1 aliphatic rings. The van der Waals surface area contributed by atoms with Crippen molar-refractivity contribution in [3.8, 4) is 5.75 Å². The van der Waals surface area contributed by atoms with Crippen LogP contribution in [0.3, 0.4) is 0 Å². The Labute approximate surface area is 161 Å². The van der Waals surface area contributed by atoms with Gasteiger partial charge in [0.05, 0.1) is 0 Å². The quantitative estimate of drug-likeness (QED) is 0.597. The summed E-state index contributed by atoms with van der Waals surface area (Å²) in [5, 5.41) is 0. The van der Waals surface area contributed by atoms with E-state index < -0.39 is 6.10 Å². The fourth-order valence-corrected chi connectivity index (χ4v) is 3.67. The van der Waals surface area contributed by atoms with Crippen LogP contribution in [0.15, 0.2) is 83.3 Å². The third kappa shape index (κ3) is 3.37. The van der Waals surface area contributed by atoms with Crippen molar-refractivity contribution in [2.24, 2.45) is 0 Å². The fraction of sp³-hybridized carbons (Fsp3) is 0.136. The minimum atomic E-state index is -0.673. The van der Waals surface area contributed by atoms with Crippen molar-refractivity contribution in [3.63, 3.8) is 0 Å². The van der Waals surface area contributed by atoms with Crippen LogP contribution in [0.4, 0.5) is 5.69 Å². The highest BCUT2D eigenvalue weighted by Gasteiger charge is 2.32. The van der Waals surface area contributed by atoms with E-state index in [1.807, 2.05) is 77.7 Å². The number of rotatable bonds is 4. The molecule has 130 valence electrons. The van der Waals surface area contributed by atoms with Crippen LogP contribution in [0, 0.1) is 0 Å². The van der Waals surface area contributed by atoms with Gasteiger partial charge in [-0.1, -0.05) is 64.5 Å². The maximum Gasteiger partial charge on any atom is 0.272 e. The highest BCUT2D eigenvalue weighted by atomic mass is 79.9. The monoisotopic (exact) mass is 407 g/mol. The molecule has 1 heterocycles. The second-order valence-electron chi connectivity index (χ2n) is 6.23. The smallest absolute Gasteiger partial charge is 0.272 e. The molecule has 0 N–H and O–H groups in total. The van der Waals surface area contributed by atoms with Crippen LogP contribution in [-0.4, -0.2) is 12.5 Å². The topological polar surface area (TPSA) is 29.5 Å². The van der Waals surface area contributed by atoms with Gasteiger partial charge in [0.2, 0.25) is 6.10 Å². The number of para-hydroxylation sites is 1. The first-order chi connectivity index (χ1) is 12.7. The van der Waals surface area contributed by atoms with E-state index in [0.717, 1.165) is 22.1 Å². The van der Waals surface area contributed by atoms with Gasteiger partial charge in [-0.25, -0.2) is 0 Å². The molecule has 1 atom stereocenters. The van der Waals surface area contributed by atoms with Crippen LogP contribution < -0.4 is 9.64 Å².